The Morgan fingerprint density at radius 3 is 1.38 bits per heavy atom. The van der Waals surface area contributed by atoms with Crippen molar-refractivity contribution in [2.45, 2.75) is 26.2 Å². The topological polar surface area (TPSA) is 0 Å². The van der Waals surface area contributed by atoms with Crippen molar-refractivity contribution in [3.63, 3.8) is 0 Å². The molecule has 2 heteroatoms. The minimum Gasteiger partial charge on any atom is -0.0623 e. The summed E-state index contributed by atoms with van der Waals surface area (Å²) in [6.07, 6.45) is 3.73. The van der Waals surface area contributed by atoms with Gasteiger partial charge in [0, 0.05) is 5.88 Å². The summed E-state index contributed by atoms with van der Waals surface area (Å²) in [7, 11) is 0. The molecule has 0 amide bonds. The Labute approximate surface area is 97.2 Å². The van der Waals surface area contributed by atoms with Gasteiger partial charge in [-0.3, -0.25) is 0 Å². The fourth-order valence-corrected chi connectivity index (χ4v) is 0.918. The number of hydrogen-bond acceptors (Lipinski definition) is 0. The molecule has 0 bridgehead atoms. The van der Waals surface area contributed by atoms with Crippen LogP contribution in [0.4, 0.5) is 0 Å². The van der Waals surface area contributed by atoms with Crippen LogP contribution in [-0.4, -0.2) is 22.9 Å². The van der Waals surface area contributed by atoms with Gasteiger partial charge in [-0.1, -0.05) is 56.2 Å². The second-order valence-corrected chi connectivity index (χ2v) is 2.93. The number of rotatable bonds is 3. The number of unbranched alkanes of at least 4 members (excludes halogenated alkanes) is 2. The average Bonchev–Trinajstić information content (AvgIpc) is 2.18. The van der Waals surface area contributed by atoms with Gasteiger partial charge in [0.2, 0.25) is 0 Å². The van der Waals surface area contributed by atoms with Gasteiger partial charge in [0.1, 0.15) is 0 Å². The van der Waals surface area contributed by atoms with Crippen LogP contribution in [0.2, 0.25) is 0 Å². The first-order valence-electron chi connectivity index (χ1n) is 4.47. The van der Waals surface area contributed by atoms with Gasteiger partial charge in [0.15, 0.2) is 0 Å². The van der Waals surface area contributed by atoms with Crippen LogP contribution in [-0.2, 0) is 0 Å². The monoisotopic (exact) mass is 266 g/mol. The molecule has 13 heavy (non-hydrogen) atoms. The molecule has 0 aliphatic rings. The zero-order chi connectivity index (χ0) is 9.07. The number of alkyl halides is 1. The predicted octanol–water partition coefficient (Wildman–Crippen LogP) is 3.19. The van der Waals surface area contributed by atoms with Gasteiger partial charge in [-0.2, -0.15) is 0 Å². The summed E-state index contributed by atoms with van der Waals surface area (Å²) < 4.78 is 0. The molecular weight excluding hydrogens is 247 g/mol. The van der Waals surface area contributed by atoms with Crippen LogP contribution in [0.5, 0.6) is 0 Å². The Hall–Kier alpha value is 0.0295. The molecule has 1 aromatic carbocycles. The smallest absolute Gasteiger partial charge is 0.0623 e. The van der Waals surface area contributed by atoms with E-state index in [1.807, 2.05) is 36.4 Å². The second kappa shape index (κ2) is 14.5. The van der Waals surface area contributed by atoms with Gasteiger partial charge >= 0.3 is 17.1 Å². The molecule has 0 nitrogen and oxygen atoms in total. The van der Waals surface area contributed by atoms with Gasteiger partial charge in [-0.15, -0.1) is 11.6 Å². The van der Waals surface area contributed by atoms with E-state index in [9.17, 15) is 0 Å². The Morgan fingerprint density at radius 2 is 1.23 bits per heavy atom. The Balaban J connectivity index is 0. The van der Waals surface area contributed by atoms with E-state index in [2.05, 4.69) is 6.92 Å². The predicted molar refractivity (Wildman–Crippen MR) is 65.2 cm³/mol. The third kappa shape index (κ3) is 14.8. The van der Waals surface area contributed by atoms with Gasteiger partial charge < -0.3 is 0 Å². The summed E-state index contributed by atoms with van der Waals surface area (Å²) in [5.41, 5.74) is 0. The van der Waals surface area contributed by atoms with E-state index < -0.39 is 0 Å². The van der Waals surface area contributed by atoms with E-state index in [0.29, 0.717) is 0 Å². The van der Waals surface area contributed by atoms with Crippen molar-refractivity contribution >= 4 is 28.7 Å². The molecule has 1 aromatic rings. The van der Waals surface area contributed by atoms with E-state index in [1.54, 1.807) is 0 Å². The number of benzene rings is 1. The van der Waals surface area contributed by atoms with E-state index in [1.165, 1.54) is 19.3 Å². The average molecular weight is 266 g/mol. The minimum atomic E-state index is 0. The van der Waals surface area contributed by atoms with Gasteiger partial charge in [0.25, 0.3) is 0 Å². The summed E-state index contributed by atoms with van der Waals surface area (Å²) in [5, 5.41) is 0. The molecule has 0 fully saturated rings. The maximum Gasteiger partial charge on any atom is -0.0623 e. The van der Waals surface area contributed by atoms with Crippen molar-refractivity contribution < 1.29 is 0 Å². The molecule has 1 rings (SSSR count). The largest absolute Gasteiger partial charge is 0.0623 e. The first kappa shape index (κ1) is 15.5. The first-order valence-corrected chi connectivity index (χ1v) is 5.01. The molecule has 0 aliphatic heterocycles. The zero-order valence-corrected chi connectivity index (χ0v) is 11.0. The van der Waals surface area contributed by atoms with Crippen molar-refractivity contribution in [2.75, 3.05) is 5.88 Å². The van der Waals surface area contributed by atoms with Crippen molar-refractivity contribution in [3.05, 3.63) is 36.4 Å². The molecule has 0 unspecified atom stereocenters. The maximum absolute atomic E-state index is 5.38. The summed E-state index contributed by atoms with van der Waals surface area (Å²) in [5.74, 6) is 0.827. The Bertz CT molecular complexity index is 123. The number of hydrogen-bond donors (Lipinski definition) is 0. The first-order chi connectivity index (χ1) is 5.91. The molecule has 0 saturated carbocycles. The van der Waals surface area contributed by atoms with Crippen LogP contribution < -0.4 is 0 Å². The maximum atomic E-state index is 5.38. The fourth-order valence-electron chi connectivity index (χ4n) is 0.729. The van der Waals surface area contributed by atoms with Crippen LogP contribution in [0.1, 0.15) is 26.2 Å². The van der Waals surface area contributed by atoms with Crippen molar-refractivity contribution in [2.24, 2.45) is 0 Å². The van der Waals surface area contributed by atoms with Gasteiger partial charge in [-0.25, -0.2) is 0 Å². The van der Waals surface area contributed by atoms with Crippen molar-refractivity contribution in [1.82, 2.24) is 0 Å². The molecule has 0 aliphatic carbocycles. The molecule has 0 N–H and O–H groups in total. The van der Waals surface area contributed by atoms with Crippen LogP contribution in [0.15, 0.2) is 36.4 Å². The van der Waals surface area contributed by atoms with Crippen LogP contribution >= 0.6 is 11.6 Å². The molecule has 0 aromatic heterocycles. The molecule has 0 radical (unpaired) electrons. The van der Waals surface area contributed by atoms with E-state index >= 15 is 0 Å². The van der Waals surface area contributed by atoms with Gasteiger partial charge in [0.05, 0.1) is 0 Å². The third-order valence-corrected chi connectivity index (χ3v) is 1.67. The summed E-state index contributed by atoms with van der Waals surface area (Å²) in [4.78, 5) is 0. The molecular formula is C11H19ClSe. The molecule has 0 atom stereocenters. The minimum absolute atomic E-state index is 0. The Kier molecular flexibility index (Phi) is 17.3. The van der Waals surface area contributed by atoms with Crippen LogP contribution in [0, 0.1) is 0 Å². The standard InChI is InChI=1S/C6H6.C5H11Cl.H2Se/c1-2-4-6-5-3-1;1-2-3-4-5-6;/h1-6H;2-5H2,1H3;1H2. The van der Waals surface area contributed by atoms with Crippen molar-refractivity contribution in [1.29, 1.82) is 0 Å². The van der Waals surface area contributed by atoms with E-state index in [4.69, 9.17) is 11.6 Å². The van der Waals surface area contributed by atoms with E-state index in [0.717, 1.165) is 5.88 Å². The third-order valence-electron chi connectivity index (χ3n) is 1.40. The summed E-state index contributed by atoms with van der Waals surface area (Å²) in [6, 6.07) is 12.0. The number of halogens is 1. The van der Waals surface area contributed by atoms with E-state index in [-0.39, 0.29) is 17.1 Å². The molecule has 0 spiro atoms. The van der Waals surface area contributed by atoms with Crippen molar-refractivity contribution in [3.8, 4) is 0 Å². The second-order valence-electron chi connectivity index (χ2n) is 2.55. The van der Waals surface area contributed by atoms with Gasteiger partial charge in [-0.05, 0) is 6.42 Å². The summed E-state index contributed by atoms with van der Waals surface area (Å²) >= 11 is 5.38. The zero-order valence-electron chi connectivity index (χ0n) is 8.17. The normalized spacial score (nSPS) is 7.85. The van der Waals surface area contributed by atoms with Crippen LogP contribution in [0.25, 0.3) is 0 Å². The van der Waals surface area contributed by atoms with Crippen LogP contribution in [0.3, 0.4) is 0 Å². The fraction of sp³-hybridized carbons (Fsp3) is 0.455. The SMILES string of the molecule is CCCCCCl.[SeH2].c1ccccc1. The molecule has 76 valence electrons. The summed E-state index contributed by atoms with van der Waals surface area (Å²) in [6.45, 7) is 2.17. The quantitative estimate of drug-likeness (QED) is 0.447. The molecule has 0 heterocycles. The molecule has 0 saturated heterocycles. The Morgan fingerprint density at radius 1 is 0.846 bits per heavy atom.